The predicted molar refractivity (Wildman–Crippen MR) is 119 cm³/mol. The van der Waals surface area contributed by atoms with Gasteiger partial charge >= 0.3 is 7.82 Å². The zero-order chi connectivity index (χ0) is 21.0. The van der Waals surface area contributed by atoms with E-state index in [1.165, 1.54) is 0 Å². The molecule has 0 amide bonds. The van der Waals surface area contributed by atoms with Crippen molar-refractivity contribution in [2.45, 2.75) is 6.42 Å². The summed E-state index contributed by atoms with van der Waals surface area (Å²) in [5.41, 5.74) is 5.19. The second kappa shape index (κ2) is 8.68. The minimum atomic E-state index is -4.75. The van der Waals surface area contributed by atoms with E-state index in [4.69, 9.17) is 4.52 Å². The Kier molecular flexibility index (Phi) is 5.82. The maximum absolute atomic E-state index is 11.8. The summed E-state index contributed by atoms with van der Waals surface area (Å²) in [5.74, 6) is 0.207. The SMILES string of the molecule is O=P(O)(O)Oc1c(Cc2ccccc2)cc(-c2ccccc2)cc1-c1ccccc1. The molecule has 5 heteroatoms. The monoisotopic (exact) mass is 416 g/mol. The van der Waals surface area contributed by atoms with Crippen LogP contribution in [0.5, 0.6) is 5.75 Å². The van der Waals surface area contributed by atoms with Crippen molar-refractivity contribution >= 4 is 7.82 Å². The second-order valence-electron chi connectivity index (χ2n) is 6.99. The molecule has 30 heavy (non-hydrogen) atoms. The quantitative estimate of drug-likeness (QED) is 0.374. The molecule has 0 bridgehead atoms. The molecule has 150 valence electrons. The maximum Gasteiger partial charge on any atom is 0.524 e. The Morgan fingerprint density at radius 1 is 0.667 bits per heavy atom. The Labute approximate surface area is 175 Å². The Morgan fingerprint density at radius 2 is 1.20 bits per heavy atom. The van der Waals surface area contributed by atoms with Crippen molar-refractivity contribution in [2.24, 2.45) is 0 Å². The van der Waals surface area contributed by atoms with Crippen LogP contribution in [0.15, 0.2) is 103 Å². The highest BCUT2D eigenvalue weighted by Gasteiger charge is 2.23. The van der Waals surface area contributed by atoms with E-state index in [0.29, 0.717) is 17.5 Å². The van der Waals surface area contributed by atoms with Gasteiger partial charge in [0.15, 0.2) is 0 Å². The zero-order valence-electron chi connectivity index (χ0n) is 16.2. The molecule has 0 saturated heterocycles. The minimum Gasteiger partial charge on any atom is -0.403 e. The number of phosphoric ester groups is 1. The van der Waals surface area contributed by atoms with Crippen molar-refractivity contribution in [1.29, 1.82) is 0 Å². The van der Waals surface area contributed by atoms with E-state index in [0.717, 1.165) is 22.3 Å². The lowest BCUT2D eigenvalue weighted by Crippen LogP contribution is -2.00. The van der Waals surface area contributed by atoms with E-state index in [1.54, 1.807) is 0 Å². The summed E-state index contributed by atoms with van der Waals surface area (Å²) in [6, 6.07) is 33.1. The first kappa shape index (κ1) is 20.1. The first-order valence-corrected chi connectivity index (χ1v) is 11.1. The van der Waals surface area contributed by atoms with Gasteiger partial charge in [-0.2, -0.15) is 0 Å². The summed E-state index contributed by atoms with van der Waals surface area (Å²) in [5, 5.41) is 0. The Hall–Kier alpha value is -3.17. The molecule has 0 aliphatic rings. The van der Waals surface area contributed by atoms with Gasteiger partial charge in [0.05, 0.1) is 0 Å². The van der Waals surface area contributed by atoms with Crippen molar-refractivity contribution in [3.8, 4) is 28.0 Å². The molecule has 0 fully saturated rings. The average Bonchev–Trinajstić information content (AvgIpc) is 2.76. The number of rotatable bonds is 6. The fraction of sp³-hybridized carbons (Fsp3) is 0.0400. The van der Waals surface area contributed by atoms with Gasteiger partial charge in [-0.25, -0.2) is 4.57 Å². The summed E-state index contributed by atoms with van der Waals surface area (Å²) in [4.78, 5) is 19.2. The summed E-state index contributed by atoms with van der Waals surface area (Å²) in [7, 11) is -4.75. The van der Waals surface area contributed by atoms with Crippen LogP contribution in [0.1, 0.15) is 11.1 Å². The smallest absolute Gasteiger partial charge is 0.403 e. The van der Waals surface area contributed by atoms with E-state index in [2.05, 4.69) is 0 Å². The van der Waals surface area contributed by atoms with Gasteiger partial charge in [-0.3, -0.25) is 9.79 Å². The average molecular weight is 416 g/mol. The standard InChI is InChI=1S/C25H21O4P/c26-30(27,28)29-25-23(16-19-10-4-1-5-11-19)17-22(20-12-6-2-7-13-20)18-24(25)21-14-8-3-9-15-21/h1-15,17-18H,16H2,(H2,26,27,28). The van der Waals surface area contributed by atoms with Crippen molar-refractivity contribution < 1.29 is 18.9 Å². The third kappa shape index (κ3) is 4.87. The van der Waals surface area contributed by atoms with Crippen molar-refractivity contribution in [1.82, 2.24) is 0 Å². The van der Waals surface area contributed by atoms with Gasteiger partial charge in [0.1, 0.15) is 5.75 Å². The lowest BCUT2D eigenvalue weighted by atomic mass is 9.92. The molecular weight excluding hydrogens is 395 g/mol. The van der Waals surface area contributed by atoms with Crippen LogP contribution in [0, 0.1) is 0 Å². The van der Waals surface area contributed by atoms with E-state index >= 15 is 0 Å². The largest absolute Gasteiger partial charge is 0.524 e. The Morgan fingerprint density at radius 3 is 1.77 bits per heavy atom. The van der Waals surface area contributed by atoms with Gasteiger partial charge in [0.2, 0.25) is 0 Å². The topological polar surface area (TPSA) is 66.8 Å². The number of hydrogen-bond acceptors (Lipinski definition) is 2. The molecule has 0 saturated carbocycles. The highest BCUT2D eigenvalue weighted by Crippen LogP contribution is 2.46. The number of hydrogen-bond donors (Lipinski definition) is 2. The number of benzene rings is 4. The van der Waals surface area contributed by atoms with Gasteiger partial charge in [-0.05, 0) is 34.4 Å². The van der Waals surface area contributed by atoms with Crippen LogP contribution in [0.2, 0.25) is 0 Å². The Bertz CT molecular complexity index is 1170. The molecule has 4 nitrogen and oxygen atoms in total. The van der Waals surface area contributed by atoms with Gasteiger partial charge in [-0.15, -0.1) is 0 Å². The van der Waals surface area contributed by atoms with Crippen LogP contribution in [-0.4, -0.2) is 9.79 Å². The van der Waals surface area contributed by atoms with E-state index in [1.807, 2.05) is 103 Å². The van der Waals surface area contributed by atoms with Crippen LogP contribution in [-0.2, 0) is 11.0 Å². The van der Waals surface area contributed by atoms with Crippen molar-refractivity contribution in [3.05, 3.63) is 114 Å². The fourth-order valence-corrected chi connectivity index (χ4v) is 3.95. The van der Waals surface area contributed by atoms with Crippen molar-refractivity contribution in [3.63, 3.8) is 0 Å². The fourth-order valence-electron chi connectivity index (χ4n) is 3.49. The molecule has 0 aliphatic carbocycles. The molecule has 0 unspecified atom stereocenters. The van der Waals surface area contributed by atoms with Crippen LogP contribution < -0.4 is 4.52 Å². The van der Waals surface area contributed by atoms with E-state index < -0.39 is 7.82 Å². The second-order valence-corrected chi connectivity index (χ2v) is 8.15. The van der Waals surface area contributed by atoms with Crippen LogP contribution >= 0.6 is 7.82 Å². The molecule has 0 spiro atoms. The van der Waals surface area contributed by atoms with Crippen LogP contribution in [0.3, 0.4) is 0 Å². The van der Waals surface area contributed by atoms with E-state index in [9.17, 15) is 14.4 Å². The molecule has 0 aliphatic heterocycles. The summed E-state index contributed by atoms with van der Waals surface area (Å²) >= 11 is 0. The molecule has 4 aromatic rings. The van der Waals surface area contributed by atoms with Gasteiger partial charge in [0, 0.05) is 17.5 Å². The minimum absolute atomic E-state index is 0.207. The first-order chi connectivity index (χ1) is 14.5. The van der Waals surface area contributed by atoms with Crippen molar-refractivity contribution in [2.75, 3.05) is 0 Å². The molecule has 0 atom stereocenters. The maximum atomic E-state index is 11.8. The summed E-state index contributed by atoms with van der Waals surface area (Å²) < 4.78 is 17.1. The molecule has 0 aromatic heterocycles. The van der Waals surface area contributed by atoms with Gasteiger partial charge < -0.3 is 4.52 Å². The van der Waals surface area contributed by atoms with E-state index in [-0.39, 0.29) is 5.75 Å². The molecule has 0 radical (unpaired) electrons. The van der Waals surface area contributed by atoms with Gasteiger partial charge in [-0.1, -0.05) is 91.0 Å². The van der Waals surface area contributed by atoms with Gasteiger partial charge in [0.25, 0.3) is 0 Å². The number of phosphoric acid groups is 1. The third-order valence-corrected chi connectivity index (χ3v) is 5.23. The Balaban J connectivity index is 1.95. The highest BCUT2D eigenvalue weighted by molar-refractivity contribution is 7.46. The van der Waals surface area contributed by atoms with Crippen LogP contribution in [0.25, 0.3) is 22.3 Å². The van der Waals surface area contributed by atoms with Crippen LogP contribution in [0.4, 0.5) is 0 Å². The first-order valence-electron chi connectivity index (χ1n) is 9.56. The lowest BCUT2D eigenvalue weighted by Gasteiger charge is -2.19. The zero-order valence-corrected chi connectivity index (χ0v) is 17.1. The summed E-state index contributed by atoms with van der Waals surface area (Å²) in [6.07, 6.45) is 0.483. The predicted octanol–water partition coefficient (Wildman–Crippen LogP) is 6.08. The molecule has 4 rings (SSSR count). The molecule has 2 N–H and O–H groups in total. The molecular formula is C25H21O4P. The highest BCUT2D eigenvalue weighted by atomic mass is 31.2. The normalized spacial score (nSPS) is 11.3. The molecule has 0 heterocycles. The molecule has 4 aromatic carbocycles. The third-order valence-electron chi connectivity index (χ3n) is 4.81. The summed E-state index contributed by atoms with van der Waals surface area (Å²) in [6.45, 7) is 0. The lowest BCUT2D eigenvalue weighted by molar-refractivity contribution is 0.283.